The number of hydrogen-bond donors (Lipinski definition) is 0. The summed E-state index contributed by atoms with van der Waals surface area (Å²) in [6.45, 7) is 4.48. The van der Waals surface area contributed by atoms with Crippen molar-refractivity contribution in [3.05, 3.63) is 24.3 Å². The van der Waals surface area contributed by atoms with Gasteiger partial charge in [0.2, 0.25) is 0 Å². The van der Waals surface area contributed by atoms with Gasteiger partial charge in [-0.15, -0.1) is 0 Å². The van der Waals surface area contributed by atoms with Gasteiger partial charge in [0.1, 0.15) is 0 Å². The molecular weight excluding hydrogens is 180 g/mol. The molecule has 0 aliphatic rings. The van der Waals surface area contributed by atoms with E-state index in [4.69, 9.17) is 0 Å². The zero-order valence-electron chi connectivity index (χ0n) is 10.7. The molecule has 0 fully saturated rings. The Morgan fingerprint density at radius 1 is 0.533 bits per heavy atom. The summed E-state index contributed by atoms with van der Waals surface area (Å²) in [4.78, 5) is 0. The lowest BCUT2D eigenvalue weighted by Gasteiger charge is -1.93. The van der Waals surface area contributed by atoms with E-state index < -0.39 is 0 Å². The summed E-state index contributed by atoms with van der Waals surface area (Å²) in [5.41, 5.74) is 0. The third kappa shape index (κ3) is 13.5. The molecule has 0 atom stereocenters. The predicted molar refractivity (Wildman–Crippen MR) is 71.2 cm³/mol. The van der Waals surface area contributed by atoms with Crippen molar-refractivity contribution in [2.24, 2.45) is 0 Å². The maximum absolute atomic E-state index is 2.35. The average Bonchev–Trinajstić information content (AvgIpc) is 2.26. The molecule has 0 aromatic carbocycles. The molecule has 0 radical (unpaired) electrons. The largest absolute Gasteiger partial charge is 0.0885 e. The van der Waals surface area contributed by atoms with Crippen LogP contribution in [0.25, 0.3) is 0 Å². The van der Waals surface area contributed by atoms with Gasteiger partial charge in [0.05, 0.1) is 0 Å². The van der Waals surface area contributed by atoms with Gasteiger partial charge in [-0.3, -0.25) is 0 Å². The molecule has 0 heteroatoms. The third-order valence-electron chi connectivity index (χ3n) is 2.50. The molecule has 0 rings (SSSR count). The van der Waals surface area contributed by atoms with E-state index in [1.165, 1.54) is 57.8 Å². The van der Waals surface area contributed by atoms with Crippen LogP contribution in [0.1, 0.15) is 71.6 Å². The summed E-state index contributed by atoms with van der Waals surface area (Å²) in [5, 5.41) is 0. The summed E-state index contributed by atoms with van der Waals surface area (Å²) in [5.74, 6) is 0. The van der Waals surface area contributed by atoms with Crippen molar-refractivity contribution >= 4 is 0 Å². The maximum Gasteiger partial charge on any atom is -0.0348 e. The number of allylic oxidation sites excluding steroid dienone is 4. The van der Waals surface area contributed by atoms with E-state index in [0.29, 0.717) is 0 Å². The first-order chi connectivity index (χ1) is 7.41. The van der Waals surface area contributed by atoms with Crippen LogP contribution in [-0.2, 0) is 0 Å². The SMILES string of the molecule is CCCC=CCCCC=CCCCCC. The lowest BCUT2D eigenvalue weighted by molar-refractivity contribution is 0.727. The van der Waals surface area contributed by atoms with Crippen LogP contribution >= 0.6 is 0 Å². The number of rotatable bonds is 10. The van der Waals surface area contributed by atoms with Gasteiger partial charge in [0, 0.05) is 0 Å². The Labute approximate surface area is 96.5 Å². The highest BCUT2D eigenvalue weighted by atomic mass is 13.9. The molecule has 0 aromatic heterocycles. The minimum absolute atomic E-state index is 1.24. The van der Waals surface area contributed by atoms with Crippen LogP contribution in [-0.4, -0.2) is 0 Å². The molecule has 0 aliphatic heterocycles. The second-order valence-corrected chi connectivity index (χ2v) is 4.16. The fourth-order valence-corrected chi connectivity index (χ4v) is 1.50. The molecule has 0 saturated heterocycles. The monoisotopic (exact) mass is 208 g/mol. The van der Waals surface area contributed by atoms with Gasteiger partial charge < -0.3 is 0 Å². The van der Waals surface area contributed by atoms with Gasteiger partial charge in [-0.05, 0) is 38.5 Å². The molecule has 0 unspecified atom stereocenters. The summed E-state index contributed by atoms with van der Waals surface area (Å²) in [6.07, 6.45) is 21.0. The van der Waals surface area contributed by atoms with Gasteiger partial charge >= 0.3 is 0 Å². The van der Waals surface area contributed by atoms with Crippen LogP contribution in [0.2, 0.25) is 0 Å². The van der Waals surface area contributed by atoms with E-state index in [1.807, 2.05) is 0 Å². The van der Waals surface area contributed by atoms with Crippen molar-refractivity contribution in [2.45, 2.75) is 71.6 Å². The van der Waals surface area contributed by atoms with Crippen molar-refractivity contribution < 1.29 is 0 Å². The fraction of sp³-hybridized carbons (Fsp3) is 0.733. The predicted octanol–water partition coefficient (Wildman–Crippen LogP) is 5.65. The quantitative estimate of drug-likeness (QED) is 0.321. The summed E-state index contributed by atoms with van der Waals surface area (Å²) < 4.78 is 0. The zero-order chi connectivity index (χ0) is 11.2. The van der Waals surface area contributed by atoms with Crippen molar-refractivity contribution in [1.82, 2.24) is 0 Å². The Morgan fingerprint density at radius 2 is 1.07 bits per heavy atom. The Kier molecular flexibility index (Phi) is 13.0. The average molecular weight is 208 g/mol. The van der Waals surface area contributed by atoms with Gasteiger partial charge in [0.15, 0.2) is 0 Å². The highest BCUT2D eigenvalue weighted by Crippen LogP contribution is 2.03. The van der Waals surface area contributed by atoms with E-state index in [9.17, 15) is 0 Å². The molecule has 0 bridgehead atoms. The van der Waals surface area contributed by atoms with E-state index >= 15 is 0 Å². The summed E-state index contributed by atoms with van der Waals surface area (Å²) in [7, 11) is 0. The molecule has 0 heterocycles. The van der Waals surface area contributed by atoms with Gasteiger partial charge in [0.25, 0.3) is 0 Å². The Morgan fingerprint density at radius 3 is 1.60 bits per heavy atom. The van der Waals surface area contributed by atoms with E-state index in [0.717, 1.165) is 0 Å². The van der Waals surface area contributed by atoms with E-state index in [2.05, 4.69) is 38.2 Å². The van der Waals surface area contributed by atoms with Crippen LogP contribution in [0, 0.1) is 0 Å². The molecule has 0 saturated carbocycles. The van der Waals surface area contributed by atoms with Crippen molar-refractivity contribution in [2.75, 3.05) is 0 Å². The van der Waals surface area contributed by atoms with Crippen LogP contribution in [0.3, 0.4) is 0 Å². The molecule has 0 nitrogen and oxygen atoms in total. The first-order valence-electron chi connectivity index (χ1n) is 6.71. The Bertz CT molecular complexity index is 153. The summed E-state index contributed by atoms with van der Waals surface area (Å²) >= 11 is 0. The van der Waals surface area contributed by atoms with Crippen LogP contribution < -0.4 is 0 Å². The second-order valence-electron chi connectivity index (χ2n) is 4.16. The molecule has 0 N–H and O–H groups in total. The van der Waals surface area contributed by atoms with E-state index in [-0.39, 0.29) is 0 Å². The normalized spacial score (nSPS) is 11.9. The minimum atomic E-state index is 1.24. The highest BCUT2D eigenvalue weighted by molar-refractivity contribution is 4.85. The van der Waals surface area contributed by atoms with Crippen molar-refractivity contribution in [3.8, 4) is 0 Å². The van der Waals surface area contributed by atoms with Gasteiger partial charge in [-0.2, -0.15) is 0 Å². The highest BCUT2D eigenvalue weighted by Gasteiger charge is 1.83. The Hall–Kier alpha value is -0.520. The topological polar surface area (TPSA) is 0 Å². The smallest absolute Gasteiger partial charge is 0.0348 e. The molecule has 15 heavy (non-hydrogen) atoms. The molecule has 0 amide bonds. The van der Waals surface area contributed by atoms with Crippen LogP contribution in [0.5, 0.6) is 0 Å². The first-order valence-corrected chi connectivity index (χ1v) is 6.71. The first kappa shape index (κ1) is 14.5. The molecule has 0 aromatic rings. The van der Waals surface area contributed by atoms with Crippen molar-refractivity contribution in [3.63, 3.8) is 0 Å². The minimum Gasteiger partial charge on any atom is -0.0885 e. The third-order valence-corrected chi connectivity index (χ3v) is 2.50. The number of unbranched alkanes of at least 4 members (excludes halogenated alkanes) is 6. The Balaban J connectivity index is 3.09. The molecule has 0 spiro atoms. The zero-order valence-corrected chi connectivity index (χ0v) is 10.7. The van der Waals surface area contributed by atoms with Gasteiger partial charge in [-0.25, -0.2) is 0 Å². The lowest BCUT2D eigenvalue weighted by Crippen LogP contribution is -1.72. The second kappa shape index (κ2) is 13.5. The van der Waals surface area contributed by atoms with Crippen molar-refractivity contribution in [1.29, 1.82) is 0 Å². The molecular formula is C15H28. The summed E-state index contributed by atoms with van der Waals surface area (Å²) in [6, 6.07) is 0. The standard InChI is InChI=1S/C15H28/c1-3-5-7-9-11-13-15-14-12-10-8-6-4-2/h7,9,12,14H,3-6,8,10-11,13,15H2,1-2H3. The van der Waals surface area contributed by atoms with Crippen LogP contribution in [0.4, 0.5) is 0 Å². The van der Waals surface area contributed by atoms with Gasteiger partial charge in [-0.1, -0.05) is 57.4 Å². The maximum atomic E-state index is 2.35. The molecule has 0 aliphatic carbocycles. The molecule has 88 valence electrons. The lowest BCUT2D eigenvalue weighted by atomic mass is 10.1. The number of hydrogen-bond acceptors (Lipinski definition) is 0. The van der Waals surface area contributed by atoms with Crippen LogP contribution in [0.15, 0.2) is 24.3 Å². The fourth-order valence-electron chi connectivity index (χ4n) is 1.50. The van der Waals surface area contributed by atoms with E-state index in [1.54, 1.807) is 0 Å².